The highest BCUT2D eigenvalue weighted by Gasteiger charge is 2.38. The molecule has 1 saturated carbocycles. The van der Waals surface area contributed by atoms with Crippen LogP contribution in [0.25, 0.3) is 5.69 Å². The van der Waals surface area contributed by atoms with Crippen LogP contribution in [0.3, 0.4) is 0 Å². The van der Waals surface area contributed by atoms with Gasteiger partial charge in [0.05, 0.1) is 11.4 Å². The van der Waals surface area contributed by atoms with Crippen molar-refractivity contribution in [1.29, 1.82) is 0 Å². The fraction of sp³-hybridized carbons (Fsp3) is 0.400. The Labute approximate surface area is 131 Å². The molecular formula is C15H14Cl2N2O2. The summed E-state index contributed by atoms with van der Waals surface area (Å²) < 4.78 is 3.09. The van der Waals surface area contributed by atoms with Crippen molar-refractivity contribution in [3.63, 3.8) is 0 Å². The zero-order valence-corrected chi connectivity index (χ0v) is 12.7. The van der Waals surface area contributed by atoms with Crippen LogP contribution in [-0.2, 0) is 0 Å². The molecule has 4 nitrogen and oxygen atoms in total. The SMILES string of the molecule is O=c1n(-c2cc(Cl)cc(Cl)c2)c(O)c2n1C1CCC2CC1. The Morgan fingerprint density at radius 3 is 2.24 bits per heavy atom. The molecule has 2 aliphatic heterocycles. The van der Waals surface area contributed by atoms with Crippen molar-refractivity contribution >= 4 is 23.2 Å². The number of aromatic hydroxyl groups is 1. The summed E-state index contributed by atoms with van der Waals surface area (Å²) in [7, 11) is 0. The van der Waals surface area contributed by atoms with Crippen molar-refractivity contribution in [2.45, 2.75) is 37.6 Å². The van der Waals surface area contributed by atoms with Crippen molar-refractivity contribution in [3.05, 3.63) is 44.4 Å². The van der Waals surface area contributed by atoms with E-state index in [2.05, 4.69) is 0 Å². The molecule has 6 heteroatoms. The summed E-state index contributed by atoms with van der Waals surface area (Å²) in [5.41, 5.74) is 1.09. The predicted molar refractivity (Wildman–Crippen MR) is 82.0 cm³/mol. The first-order valence-corrected chi connectivity index (χ1v) is 7.84. The molecule has 0 unspecified atom stereocenters. The van der Waals surface area contributed by atoms with E-state index < -0.39 is 0 Å². The second-order valence-electron chi connectivity index (χ2n) is 5.83. The zero-order chi connectivity index (χ0) is 14.7. The third-order valence-electron chi connectivity index (χ3n) is 4.65. The summed E-state index contributed by atoms with van der Waals surface area (Å²) in [6.07, 6.45) is 4.10. The number of fused-ring (bicyclic) bond motifs is 2. The van der Waals surface area contributed by atoms with Gasteiger partial charge in [-0.05, 0) is 43.9 Å². The number of aromatic nitrogens is 2. The van der Waals surface area contributed by atoms with Crippen LogP contribution in [0.1, 0.15) is 43.3 Å². The molecule has 2 bridgehead atoms. The van der Waals surface area contributed by atoms with Crippen LogP contribution in [0.5, 0.6) is 5.88 Å². The van der Waals surface area contributed by atoms with Crippen LogP contribution < -0.4 is 5.69 Å². The van der Waals surface area contributed by atoms with Crippen LogP contribution in [-0.4, -0.2) is 14.2 Å². The van der Waals surface area contributed by atoms with Crippen molar-refractivity contribution in [2.24, 2.45) is 0 Å². The maximum absolute atomic E-state index is 12.7. The summed E-state index contributed by atoms with van der Waals surface area (Å²) >= 11 is 12.0. The Bertz CT molecular complexity index is 765. The van der Waals surface area contributed by atoms with E-state index in [4.69, 9.17) is 23.2 Å². The van der Waals surface area contributed by atoms with Crippen molar-refractivity contribution in [2.75, 3.05) is 0 Å². The summed E-state index contributed by atoms with van der Waals surface area (Å²) in [4.78, 5) is 12.7. The van der Waals surface area contributed by atoms with Gasteiger partial charge in [-0.2, -0.15) is 0 Å². The molecule has 0 atom stereocenters. The Hall–Kier alpha value is -1.39. The largest absolute Gasteiger partial charge is 0.493 e. The minimum absolute atomic E-state index is 0.0349. The van der Waals surface area contributed by atoms with Crippen LogP contribution in [0.15, 0.2) is 23.0 Å². The van der Waals surface area contributed by atoms with Crippen molar-refractivity contribution in [1.82, 2.24) is 9.13 Å². The molecule has 0 spiro atoms. The highest BCUT2D eigenvalue weighted by atomic mass is 35.5. The molecular weight excluding hydrogens is 311 g/mol. The van der Waals surface area contributed by atoms with E-state index in [1.165, 1.54) is 4.57 Å². The maximum atomic E-state index is 12.7. The van der Waals surface area contributed by atoms with Gasteiger partial charge in [0.2, 0.25) is 5.88 Å². The van der Waals surface area contributed by atoms with Gasteiger partial charge < -0.3 is 5.11 Å². The van der Waals surface area contributed by atoms with E-state index in [0.29, 0.717) is 15.7 Å². The zero-order valence-electron chi connectivity index (χ0n) is 11.2. The lowest BCUT2D eigenvalue weighted by Gasteiger charge is -2.36. The quantitative estimate of drug-likeness (QED) is 0.865. The molecule has 5 rings (SSSR count). The second-order valence-corrected chi connectivity index (χ2v) is 6.70. The smallest absolute Gasteiger partial charge is 0.336 e. The lowest BCUT2D eigenvalue weighted by Crippen LogP contribution is -2.34. The Morgan fingerprint density at radius 2 is 1.67 bits per heavy atom. The van der Waals surface area contributed by atoms with Gasteiger partial charge in [-0.15, -0.1) is 0 Å². The summed E-state index contributed by atoms with van der Waals surface area (Å²) in [5.74, 6) is 0.311. The molecule has 1 aliphatic carbocycles. The topological polar surface area (TPSA) is 47.2 Å². The minimum Gasteiger partial charge on any atom is -0.493 e. The van der Waals surface area contributed by atoms with Crippen LogP contribution in [0.2, 0.25) is 10.0 Å². The normalized spacial score (nSPS) is 23.3. The molecule has 0 radical (unpaired) electrons. The van der Waals surface area contributed by atoms with E-state index in [0.717, 1.165) is 31.4 Å². The molecule has 1 aromatic heterocycles. The van der Waals surface area contributed by atoms with E-state index in [1.807, 2.05) is 0 Å². The fourth-order valence-corrected chi connectivity index (χ4v) is 4.28. The lowest BCUT2D eigenvalue weighted by molar-refractivity contribution is 0.249. The molecule has 0 saturated heterocycles. The van der Waals surface area contributed by atoms with Gasteiger partial charge in [-0.3, -0.25) is 4.57 Å². The molecule has 2 aromatic rings. The number of nitrogens with zero attached hydrogens (tertiary/aromatic N) is 2. The van der Waals surface area contributed by atoms with Gasteiger partial charge in [-0.25, -0.2) is 9.36 Å². The molecule has 1 aromatic carbocycles. The highest BCUT2D eigenvalue weighted by Crippen LogP contribution is 2.47. The van der Waals surface area contributed by atoms with E-state index in [1.54, 1.807) is 22.8 Å². The molecule has 3 aliphatic rings. The van der Waals surface area contributed by atoms with E-state index in [-0.39, 0.29) is 23.5 Å². The van der Waals surface area contributed by atoms with Gasteiger partial charge in [0.1, 0.15) is 0 Å². The van der Waals surface area contributed by atoms with Crippen molar-refractivity contribution < 1.29 is 5.11 Å². The predicted octanol–water partition coefficient (Wildman–Crippen LogP) is 3.86. The number of hydrogen-bond donors (Lipinski definition) is 1. The van der Waals surface area contributed by atoms with Crippen molar-refractivity contribution in [3.8, 4) is 11.6 Å². The Balaban J connectivity index is 1.99. The number of hydrogen-bond acceptors (Lipinski definition) is 2. The summed E-state index contributed by atoms with van der Waals surface area (Å²) in [6.45, 7) is 0. The molecule has 0 amide bonds. The summed E-state index contributed by atoms with van der Waals surface area (Å²) in [5, 5.41) is 11.5. The van der Waals surface area contributed by atoms with E-state index >= 15 is 0 Å². The van der Waals surface area contributed by atoms with Gasteiger partial charge in [0.15, 0.2) is 0 Å². The average Bonchev–Trinajstić information content (AvgIpc) is 2.73. The van der Waals surface area contributed by atoms with Crippen LogP contribution in [0.4, 0.5) is 0 Å². The minimum atomic E-state index is -0.199. The number of benzene rings is 1. The van der Waals surface area contributed by atoms with E-state index in [9.17, 15) is 9.90 Å². The summed E-state index contributed by atoms with van der Waals surface area (Å²) in [6, 6.07) is 5.10. The third kappa shape index (κ3) is 1.86. The molecule has 3 heterocycles. The van der Waals surface area contributed by atoms with Crippen LogP contribution >= 0.6 is 23.2 Å². The third-order valence-corrected chi connectivity index (χ3v) is 5.09. The second kappa shape index (κ2) is 4.55. The first kappa shape index (κ1) is 13.3. The fourth-order valence-electron chi connectivity index (χ4n) is 3.76. The Kier molecular flexibility index (Phi) is 2.88. The number of rotatable bonds is 1. The highest BCUT2D eigenvalue weighted by molar-refractivity contribution is 6.34. The standard InChI is InChI=1S/C15H14Cl2N2O2/c16-9-5-10(17)7-12(6-9)19-14(20)13-8-1-3-11(4-2-8)18(13)15(19)21/h5-8,11,20H,1-4H2. The Morgan fingerprint density at radius 1 is 1.05 bits per heavy atom. The average molecular weight is 325 g/mol. The van der Waals surface area contributed by atoms with Gasteiger partial charge in [0.25, 0.3) is 0 Å². The molecule has 21 heavy (non-hydrogen) atoms. The first-order chi connectivity index (χ1) is 10.1. The maximum Gasteiger partial charge on any atom is 0.336 e. The lowest BCUT2D eigenvalue weighted by atomic mass is 9.80. The number of imidazole rings is 1. The van der Waals surface area contributed by atoms with Gasteiger partial charge >= 0.3 is 5.69 Å². The first-order valence-electron chi connectivity index (χ1n) is 7.09. The monoisotopic (exact) mass is 324 g/mol. The molecule has 1 N–H and O–H groups in total. The van der Waals surface area contributed by atoms with Gasteiger partial charge in [-0.1, -0.05) is 23.2 Å². The molecule has 1 fully saturated rings. The van der Waals surface area contributed by atoms with Gasteiger partial charge in [0, 0.05) is 22.0 Å². The number of halogens is 2. The van der Waals surface area contributed by atoms with Crippen LogP contribution in [0, 0.1) is 0 Å². The molecule has 110 valence electrons.